The fourth-order valence-corrected chi connectivity index (χ4v) is 3.19. The molecule has 1 heterocycles. The van der Waals surface area contributed by atoms with Crippen molar-refractivity contribution in [2.45, 2.75) is 43.6 Å². The summed E-state index contributed by atoms with van der Waals surface area (Å²) < 4.78 is 6.43. The Balaban J connectivity index is 2.60. The van der Waals surface area contributed by atoms with Gasteiger partial charge in [-0.05, 0) is 32.4 Å². The molecule has 2 rings (SSSR count). The summed E-state index contributed by atoms with van der Waals surface area (Å²) in [6.07, 6.45) is 0.806. The van der Waals surface area contributed by atoms with Gasteiger partial charge in [-0.2, -0.15) is 0 Å². The van der Waals surface area contributed by atoms with Crippen molar-refractivity contribution in [2.24, 2.45) is 0 Å². The number of esters is 1. The van der Waals surface area contributed by atoms with Crippen LogP contribution < -0.4 is 5.56 Å². The molecule has 0 N–H and O–H groups in total. The average Bonchev–Trinajstić information content (AvgIpc) is 2.53. The van der Waals surface area contributed by atoms with Gasteiger partial charge in [-0.25, -0.2) is 4.98 Å². The second-order valence-electron chi connectivity index (χ2n) is 5.13. The largest absolute Gasteiger partial charge is 0.468 e. The number of hydrogen-bond acceptors (Lipinski definition) is 5. The summed E-state index contributed by atoms with van der Waals surface area (Å²) in [5, 5.41) is 0.724. The first-order chi connectivity index (χ1) is 10.5. The number of nitrogens with zero attached hydrogens (tertiary/aromatic N) is 2. The van der Waals surface area contributed by atoms with Gasteiger partial charge in [0.2, 0.25) is 0 Å². The van der Waals surface area contributed by atoms with E-state index in [-0.39, 0.29) is 17.6 Å². The molecule has 118 valence electrons. The van der Waals surface area contributed by atoms with E-state index in [2.05, 4.69) is 4.98 Å². The van der Waals surface area contributed by atoms with Crippen molar-refractivity contribution in [2.75, 3.05) is 7.11 Å². The minimum atomic E-state index is -0.423. The van der Waals surface area contributed by atoms with Crippen LogP contribution in [0.1, 0.15) is 33.2 Å². The van der Waals surface area contributed by atoms with Gasteiger partial charge in [0, 0.05) is 6.04 Å². The number of carbonyl (C=O) groups is 1. The summed E-state index contributed by atoms with van der Waals surface area (Å²) in [6.45, 7) is 5.74. The van der Waals surface area contributed by atoms with Crippen LogP contribution in [0.3, 0.4) is 0 Å². The molecule has 0 spiro atoms. The molecule has 2 aromatic rings. The number of carbonyl (C=O) groups excluding carboxylic acids is 1. The van der Waals surface area contributed by atoms with Crippen molar-refractivity contribution in [3.63, 3.8) is 0 Å². The summed E-state index contributed by atoms with van der Waals surface area (Å²) >= 11 is 1.25. The lowest BCUT2D eigenvalue weighted by atomic mass is 10.2. The van der Waals surface area contributed by atoms with Crippen molar-refractivity contribution in [1.82, 2.24) is 9.55 Å². The SMILES string of the molecule is CC[C@H](C)n1c(S[C@H](C)C(=O)OC)nc2ccccc2c1=O. The second kappa shape index (κ2) is 6.96. The molecule has 1 aromatic heterocycles. The Morgan fingerprint density at radius 3 is 2.68 bits per heavy atom. The Morgan fingerprint density at radius 2 is 2.05 bits per heavy atom. The minimum absolute atomic E-state index is 0.0111. The number of rotatable bonds is 5. The van der Waals surface area contributed by atoms with E-state index in [1.165, 1.54) is 18.9 Å². The third-order valence-corrected chi connectivity index (χ3v) is 4.67. The fraction of sp³-hybridized carbons (Fsp3) is 0.438. The van der Waals surface area contributed by atoms with Crippen LogP contribution in [0.4, 0.5) is 0 Å². The Bertz CT molecular complexity index is 742. The molecule has 0 fully saturated rings. The number of hydrogen-bond donors (Lipinski definition) is 0. The van der Waals surface area contributed by atoms with Crippen LogP contribution in [0.15, 0.2) is 34.2 Å². The van der Waals surface area contributed by atoms with Crippen molar-refractivity contribution >= 4 is 28.6 Å². The van der Waals surface area contributed by atoms with Crippen LogP contribution >= 0.6 is 11.8 Å². The lowest BCUT2D eigenvalue weighted by molar-refractivity contribution is -0.139. The molecule has 0 saturated heterocycles. The third kappa shape index (κ3) is 3.16. The Hall–Kier alpha value is -1.82. The molecule has 6 heteroatoms. The molecule has 0 aliphatic heterocycles. The minimum Gasteiger partial charge on any atom is -0.468 e. The highest BCUT2D eigenvalue weighted by Crippen LogP contribution is 2.26. The Kier molecular flexibility index (Phi) is 5.24. The number of methoxy groups -OCH3 is 1. The molecule has 0 aliphatic carbocycles. The number of ether oxygens (including phenoxy) is 1. The molecular formula is C16H20N2O3S. The first-order valence-corrected chi connectivity index (χ1v) is 8.13. The van der Waals surface area contributed by atoms with Gasteiger partial charge in [0.25, 0.3) is 5.56 Å². The quantitative estimate of drug-likeness (QED) is 0.481. The molecule has 0 saturated carbocycles. The summed E-state index contributed by atoms with van der Waals surface area (Å²) in [6, 6.07) is 7.28. The highest BCUT2D eigenvalue weighted by atomic mass is 32.2. The summed E-state index contributed by atoms with van der Waals surface area (Å²) in [4.78, 5) is 29.0. The maximum atomic E-state index is 12.8. The van der Waals surface area contributed by atoms with Crippen LogP contribution in [0, 0.1) is 0 Å². The van der Waals surface area contributed by atoms with E-state index in [0.717, 1.165) is 6.42 Å². The van der Waals surface area contributed by atoms with E-state index in [4.69, 9.17) is 4.74 Å². The summed E-state index contributed by atoms with van der Waals surface area (Å²) in [7, 11) is 1.36. The first-order valence-electron chi connectivity index (χ1n) is 7.25. The van der Waals surface area contributed by atoms with Crippen LogP contribution in [0.5, 0.6) is 0 Å². The van der Waals surface area contributed by atoms with Gasteiger partial charge in [-0.3, -0.25) is 14.2 Å². The van der Waals surface area contributed by atoms with Gasteiger partial charge in [-0.1, -0.05) is 30.8 Å². The third-order valence-electron chi connectivity index (χ3n) is 3.62. The molecule has 0 radical (unpaired) electrons. The maximum absolute atomic E-state index is 12.8. The van der Waals surface area contributed by atoms with Crippen LogP contribution in [0.25, 0.3) is 10.9 Å². The predicted octanol–water partition coefficient (Wildman–Crippen LogP) is 3.02. The molecule has 1 aromatic carbocycles. The molecular weight excluding hydrogens is 300 g/mol. The highest BCUT2D eigenvalue weighted by molar-refractivity contribution is 8.00. The zero-order valence-electron chi connectivity index (χ0n) is 13.2. The van der Waals surface area contributed by atoms with Gasteiger partial charge in [0.1, 0.15) is 5.25 Å². The number of benzene rings is 1. The molecule has 0 aliphatic rings. The average molecular weight is 320 g/mol. The molecule has 22 heavy (non-hydrogen) atoms. The first kappa shape index (κ1) is 16.5. The summed E-state index contributed by atoms with van der Waals surface area (Å²) in [5.74, 6) is -0.330. The van der Waals surface area contributed by atoms with Gasteiger partial charge < -0.3 is 4.74 Å². The zero-order chi connectivity index (χ0) is 16.3. The standard InChI is InChI=1S/C16H20N2O3S/c1-5-10(2)18-14(19)12-8-6-7-9-13(12)17-16(18)22-11(3)15(20)21-4/h6-11H,5H2,1-4H3/t10-,11+/m0/s1. The van der Waals surface area contributed by atoms with Gasteiger partial charge >= 0.3 is 5.97 Å². The highest BCUT2D eigenvalue weighted by Gasteiger charge is 2.21. The van der Waals surface area contributed by atoms with Crippen LogP contribution in [0.2, 0.25) is 0 Å². The molecule has 5 nitrogen and oxygen atoms in total. The predicted molar refractivity (Wildman–Crippen MR) is 88.3 cm³/mol. The smallest absolute Gasteiger partial charge is 0.318 e. The lowest BCUT2D eigenvalue weighted by Gasteiger charge is -2.19. The second-order valence-corrected chi connectivity index (χ2v) is 6.44. The van der Waals surface area contributed by atoms with Crippen molar-refractivity contribution < 1.29 is 9.53 Å². The topological polar surface area (TPSA) is 61.2 Å². The van der Waals surface area contributed by atoms with E-state index >= 15 is 0 Å². The van der Waals surface area contributed by atoms with Gasteiger partial charge in [0.15, 0.2) is 5.16 Å². The van der Waals surface area contributed by atoms with Crippen LogP contribution in [-0.4, -0.2) is 27.9 Å². The summed E-state index contributed by atoms with van der Waals surface area (Å²) in [5.41, 5.74) is 0.575. The fourth-order valence-electron chi connectivity index (χ4n) is 2.15. The Labute approximate surface area is 133 Å². The van der Waals surface area contributed by atoms with Crippen LogP contribution in [-0.2, 0) is 9.53 Å². The lowest BCUT2D eigenvalue weighted by Crippen LogP contribution is -2.27. The van der Waals surface area contributed by atoms with E-state index < -0.39 is 5.25 Å². The van der Waals surface area contributed by atoms with Crippen molar-refractivity contribution in [3.8, 4) is 0 Å². The zero-order valence-corrected chi connectivity index (χ0v) is 14.0. The van der Waals surface area contributed by atoms with E-state index in [1.807, 2.05) is 32.0 Å². The monoisotopic (exact) mass is 320 g/mol. The number of aromatic nitrogens is 2. The Morgan fingerprint density at radius 1 is 1.36 bits per heavy atom. The number of thioether (sulfide) groups is 1. The molecule has 2 atom stereocenters. The van der Waals surface area contributed by atoms with Gasteiger partial charge in [0.05, 0.1) is 18.0 Å². The molecule has 0 unspecified atom stereocenters. The van der Waals surface area contributed by atoms with Gasteiger partial charge in [-0.15, -0.1) is 0 Å². The van der Waals surface area contributed by atoms with E-state index in [0.29, 0.717) is 16.1 Å². The van der Waals surface area contributed by atoms with Crippen molar-refractivity contribution in [3.05, 3.63) is 34.6 Å². The van der Waals surface area contributed by atoms with E-state index in [9.17, 15) is 9.59 Å². The molecule has 0 bridgehead atoms. The molecule has 0 amide bonds. The van der Waals surface area contributed by atoms with E-state index in [1.54, 1.807) is 17.6 Å². The normalized spacial score (nSPS) is 13.8. The maximum Gasteiger partial charge on any atom is 0.318 e. The number of para-hydroxylation sites is 1. The van der Waals surface area contributed by atoms with Crippen molar-refractivity contribution in [1.29, 1.82) is 0 Å². The number of fused-ring (bicyclic) bond motifs is 1.